The zero-order valence-corrected chi connectivity index (χ0v) is 22.4. The van der Waals surface area contributed by atoms with Crippen molar-refractivity contribution >= 4 is 0 Å². The Balaban J connectivity index is 1.86. The molecule has 0 amide bonds. The lowest BCUT2D eigenvalue weighted by molar-refractivity contribution is 0.276. The molecule has 1 aliphatic carbocycles. The maximum atomic E-state index is 9.52. The molecule has 200 valence electrons. The zero-order valence-electron chi connectivity index (χ0n) is 22.4. The van der Waals surface area contributed by atoms with Gasteiger partial charge in [0.25, 0.3) is 0 Å². The molecule has 0 bridgehead atoms. The quantitative estimate of drug-likeness (QED) is 0.456. The van der Waals surface area contributed by atoms with E-state index in [0.29, 0.717) is 11.8 Å². The predicted octanol–water partition coefficient (Wildman–Crippen LogP) is 6.13. The van der Waals surface area contributed by atoms with Gasteiger partial charge in [0, 0.05) is 48.6 Å². The van der Waals surface area contributed by atoms with Crippen molar-refractivity contribution in [2.45, 2.75) is 102 Å². The molecule has 0 saturated heterocycles. The minimum atomic E-state index is 0.219. The molecule has 0 unspecified atom stereocenters. The number of ether oxygens (including phenoxy) is 2. The highest BCUT2D eigenvalue weighted by atomic mass is 16.5. The molecule has 0 fully saturated rings. The molecule has 6 heteroatoms. The topological polar surface area (TPSA) is 84.7 Å². The molecule has 0 spiro atoms. The van der Waals surface area contributed by atoms with E-state index in [2.05, 4.69) is 0 Å². The first-order chi connectivity index (χ1) is 17.7. The largest absolute Gasteiger partial charge is 0.496 e. The fourth-order valence-electron chi connectivity index (χ4n) is 5.82. The van der Waals surface area contributed by atoms with Crippen LogP contribution in [0.1, 0.15) is 111 Å². The van der Waals surface area contributed by atoms with Crippen LogP contribution in [0, 0.1) is 0 Å². The molecule has 2 atom stereocenters. The van der Waals surface area contributed by atoms with E-state index in [-0.39, 0.29) is 13.2 Å². The van der Waals surface area contributed by atoms with Crippen LogP contribution in [0.25, 0.3) is 0 Å². The fourth-order valence-corrected chi connectivity index (χ4v) is 5.82. The highest BCUT2D eigenvalue weighted by Crippen LogP contribution is 2.36. The Morgan fingerprint density at radius 2 is 1.14 bits per heavy atom. The standard InChI is InChI=1S/C30H46N2O4/c1-35-27-17-19-31-29-23(13-9-21-33)11-6-4-8-16-26-28(36-2)18-20-32-30(26)24(14-10-22-34)12-5-3-7-15-25(27)29/h17-20,23-24,33-34H,3-16,21-22H2,1-2H3/t23-,24-/m0/s1. The Morgan fingerprint density at radius 3 is 1.53 bits per heavy atom. The van der Waals surface area contributed by atoms with Crippen LogP contribution >= 0.6 is 0 Å². The minimum Gasteiger partial charge on any atom is -0.496 e. The summed E-state index contributed by atoms with van der Waals surface area (Å²) in [6.45, 7) is 0.438. The Labute approximate surface area is 217 Å². The van der Waals surface area contributed by atoms with Crippen LogP contribution in [0.5, 0.6) is 11.5 Å². The number of pyridine rings is 2. The second-order valence-electron chi connectivity index (χ2n) is 10.1. The SMILES string of the molecule is COc1ccnc2c1CCCCC[C@@H](CCCO)c1nccc(OC)c1CCCCC[C@H]2CCCO. The maximum absolute atomic E-state index is 9.52. The van der Waals surface area contributed by atoms with E-state index in [0.717, 1.165) is 101 Å². The van der Waals surface area contributed by atoms with Crippen molar-refractivity contribution in [3.05, 3.63) is 47.0 Å². The van der Waals surface area contributed by atoms with Gasteiger partial charge in [-0.2, -0.15) is 0 Å². The number of aliphatic hydroxyl groups excluding tert-OH is 2. The number of fused-ring (bicyclic) bond motifs is 2. The summed E-state index contributed by atoms with van der Waals surface area (Å²) < 4.78 is 11.5. The average molecular weight is 499 g/mol. The van der Waals surface area contributed by atoms with Crippen LogP contribution in [0.3, 0.4) is 0 Å². The molecule has 0 aliphatic heterocycles. The monoisotopic (exact) mass is 498 g/mol. The molecule has 2 N–H and O–H groups in total. The van der Waals surface area contributed by atoms with Crippen molar-refractivity contribution in [2.75, 3.05) is 27.4 Å². The number of nitrogens with zero attached hydrogens (tertiary/aromatic N) is 2. The summed E-state index contributed by atoms with van der Waals surface area (Å²) in [5.41, 5.74) is 4.85. The summed E-state index contributed by atoms with van der Waals surface area (Å²) >= 11 is 0. The predicted molar refractivity (Wildman–Crippen MR) is 144 cm³/mol. The highest BCUT2D eigenvalue weighted by Gasteiger charge is 2.22. The minimum absolute atomic E-state index is 0.219. The fraction of sp³-hybridized carbons (Fsp3) is 0.667. The normalized spacial score (nSPS) is 19.8. The number of hydrogen-bond acceptors (Lipinski definition) is 6. The van der Waals surface area contributed by atoms with Crippen molar-refractivity contribution in [3.63, 3.8) is 0 Å². The van der Waals surface area contributed by atoms with Gasteiger partial charge in [0.2, 0.25) is 0 Å². The van der Waals surface area contributed by atoms with E-state index in [1.165, 1.54) is 22.5 Å². The maximum Gasteiger partial charge on any atom is 0.125 e. The van der Waals surface area contributed by atoms with Crippen LogP contribution in [0.2, 0.25) is 0 Å². The third-order valence-electron chi connectivity index (χ3n) is 7.69. The average Bonchev–Trinajstić information content (AvgIpc) is 2.91. The molecule has 0 saturated carbocycles. The van der Waals surface area contributed by atoms with Gasteiger partial charge in [-0.1, -0.05) is 25.7 Å². The molecule has 6 nitrogen and oxygen atoms in total. The summed E-state index contributed by atoms with van der Waals surface area (Å²) in [4.78, 5) is 9.71. The van der Waals surface area contributed by atoms with Crippen molar-refractivity contribution in [2.24, 2.45) is 0 Å². The Bertz CT molecular complexity index is 831. The van der Waals surface area contributed by atoms with Crippen molar-refractivity contribution in [1.82, 2.24) is 9.97 Å². The third kappa shape index (κ3) is 7.91. The molecule has 0 aromatic carbocycles. The first-order valence-corrected chi connectivity index (χ1v) is 14.0. The van der Waals surface area contributed by atoms with Crippen LogP contribution in [0.4, 0.5) is 0 Å². The molecule has 0 radical (unpaired) electrons. The highest BCUT2D eigenvalue weighted by molar-refractivity contribution is 5.39. The number of aliphatic hydroxyl groups is 2. The van der Waals surface area contributed by atoms with Crippen molar-refractivity contribution in [3.8, 4) is 11.5 Å². The zero-order chi connectivity index (χ0) is 25.6. The molecule has 2 aromatic heterocycles. The van der Waals surface area contributed by atoms with Crippen LogP contribution in [-0.2, 0) is 12.8 Å². The van der Waals surface area contributed by atoms with Crippen LogP contribution < -0.4 is 9.47 Å². The molecule has 2 heterocycles. The van der Waals surface area contributed by atoms with Gasteiger partial charge in [-0.05, 0) is 76.3 Å². The summed E-state index contributed by atoms with van der Waals surface area (Å²) in [5, 5.41) is 19.0. The van der Waals surface area contributed by atoms with E-state index in [4.69, 9.17) is 19.4 Å². The molecular formula is C30H46N2O4. The van der Waals surface area contributed by atoms with Crippen molar-refractivity contribution in [1.29, 1.82) is 0 Å². The Kier molecular flexibility index (Phi) is 12.5. The molecule has 2 aromatic rings. The number of rotatable bonds is 8. The Morgan fingerprint density at radius 1 is 0.694 bits per heavy atom. The second kappa shape index (κ2) is 15.8. The van der Waals surface area contributed by atoms with Crippen LogP contribution in [0.15, 0.2) is 24.5 Å². The van der Waals surface area contributed by atoms with Gasteiger partial charge in [-0.3, -0.25) is 9.97 Å². The molecule has 3 rings (SSSR count). The van der Waals surface area contributed by atoms with Gasteiger partial charge in [-0.15, -0.1) is 0 Å². The van der Waals surface area contributed by atoms with Gasteiger partial charge in [-0.25, -0.2) is 0 Å². The first kappa shape index (κ1) is 28.4. The summed E-state index contributed by atoms with van der Waals surface area (Å²) in [7, 11) is 3.50. The second-order valence-corrected chi connectivity index (χ2v) is 10.1. The van der Waals surface area contributed by atoms with Gasteiger partial charge in [0.15, 0.2) is 0 Å². The van der Waals surface area contributed by atoms with Gasteiger partial charge < -0.3 is 19.7 Å². The van der Waals surface area contributed by atoms with Crippen LogP contribution in [-0.4, -0.2) is 47.6 Å². The van der Waals surface area contributed by atoms with E-state index >= 15 is 0 Å². The smallest absolute Gasteiger partial charge is 0.125 e. The number of aromatic nitrogens is 2. The van der Waals surface area contributed by atoms with Crippen molar-refractivity contribution < 1.29 is 19.7 Å². The Hall–Kier alpha value is -2.18. The van der Waals surface area contributed by atoms with E-state index in [1.54, 1.807) is 14.2 Å². The number of methoxy groups -OCH3 is 2. The summed E-state index contributed by atoms with van der Waals surface area (Å²) in [6.07, 6.45) is 18.0. The molecular weight excluding hydrogens is 452 g/mol. The summed E-state index contributed by atoms with van der Waals surface area (Å²) in [6, 6.07) is 3.97. The lowest BCUT2D eigenvalue weighted by Crippen LogP contribution is -2.11. The lowest BCUT2D eigenvalue weighted by atomic mass is 9.86. The first-order valence-electron chi connectivity index (χ1n) is 14.0. The third-order valence-corrected chi connectivity index (χ3v) is 7.69. The molecule has 1 aliphatic rings. The van der Waals surface area contributed by atoms with E-state index < -0.39 is 0 Å². The van der Waals surface area contributed by atoms with Gasteiger partial charge >= 0.3 is 0 Å². The van der Waals surface area contributed by atoms with Gasteiger partial charge in [0.1, 0.15) is 11.5 Å². The van der Waals surface area contributed by atoms with E-state index in [1.807, 2.05) is 24.5 Å². The lowest BCUT2D eigenvalue weighted by Gasteiger charge is -2.23. The number of hydrogen-bond donors (Lipinski definition) is 2. The summed E-state index contributed by atoms with van der Waals surface area (Å²) in [5.74, 6) is 2.59. The molecule has 36 heavy (non-hydrogen) atoms. The van der Waals surface area contributed by atoms with E-state index in [9.17, 15) is 10.2 Å². The van der Waals surface area contributed by atoms with Gasteiger partial charge in [0.05, 0.1) is 25.6 Å².